The van der Waals surface area contributed by atoms with Gasteiger partial charge >= 0.3 is 24.2 Å². The smallest absolute Gasteiger partial charge is 0.407 e. The monoisotopic (exact) mass is 890 g/mol. The molecule has 6 rings (SSSR count). The topological polar surface area (TPSA) is 196 Å². The van der Waals surface area contributed by atoms with E-state index in [-0.39, 0.29) is 11.4 Å². The third-order valence-electron chi connectivity index (χ3n) is 9.04. The fraction of sp³-hybridized carbons (Fsp3) is 0.435. The van der Waals surface area contributed by atoms with Crippen LogP contribution in [0.25, 0.3) is 0 Å². The number of carboxylic acid groups (broad SMARTS) is 2. The zero-order valence-corrected chi connectivity index (χ0v) is 38.1. The molecule has 64 heavy (non-hydrogen) atoms. The van der Waals surface area contributed by atoms with Gasteiger partial charge in [0.1, 0.15) is 0 Å². The number of hydrogen-bond acceptors (Lipinski definition) is 8. The third-order valence-corrected chi connectivity index (χ3v) is 9.04. The zero-order valence-electron chi connectivity index (χ0n) is 38.1. The van der Waals surface area contributed by atoms with Crippen molar-refractivity contribution in [3.8, 4) is 0 Å². The number of aromatic nitrogens is 2. The van der Waals surface area contributed by atoms with Crippen molar-refractivity contribution in [3.05, 3.63) is 107 Å². The Labute approximate surface area is 375 Å². The number of benzene rings is 2. The first-order valence-electron chi connectivity index (χ1n) is 21.3. The van der Waals surface area contributed by atoms with Gasteiger partial charge in [-0.25, -0.2) is 28.0 Å². The molecule has 2 aromatic heterocycles. The van der Waals surface area contributed by atoms with Crippen LogP contribution in [-0.2, 0) is 13.1 Å². The average Bonchev–Trinajstić information content (AvgIpc) is 3.21. The molecule has 0 aliphatic carbocycles. The summed E-state index contributed by atoms with van der Waals surface area (Å²) >= 11 is 0. The minimum Gasteiger partial charge on any atom is -0.465 e. The first-order valence-corrected chi connectivity index (χ1v) is 21.3. The normalized spacial score (nSPS) is 13.9. The molecular formula is C46H64F2N10O6. The highest BCUT2D eigenvalue weighted by molar-refractivity contribution is 6.00. The average molecular weight is 891 g/mol. The summed E-state index contributed by atoms with van der Waals surface area (Å²) in [7, 11) is 0. The molecular weight excluding hydrogens is 827 g/mol. The SMILES string of the molecule is CC(C)C.CC(C)C.Cc1cc(NC(=O)Nc2cccc(CN3CCN(C(=O)O)CC3)c2F)ccn1.Cc1cc(NC(=O)Nc2cccc(CN3CCN(C(=O)O)CC3)c2F)ccn1. The molecule has 6 N–H and O–H groups in total. The van der Waals surface area contributed by atoms with E-state index in [9.17, 15) is 28.0 Å². The minimum absolute atomic E-state index is 0.0879. The highest BCUT2D eigenvalue weighted by atomic mass is 19.1. The number of amides is 6. The van der Waals surface area contributed by atoms with Crippen molar-refractivity contribution >= 4 is 47.0 Å². The molecule has 0 saturated carbocycles. The standard InChI is InChI=1S/2C19H22FN5O3.2C4H10/c2*1-13-11-15(5-6-21-13)22-18(26)23-16-4-2-3-14(17(16)20)12-24-7-9-25(10-8-24)19(27)28;2*1-4(2)3/h2*2-6,11H,7-10,12H2,1H3,(H,27,28)(H2,21,22,23,26);2*4H,1-3H3. The van der Waals surface area contributed by atoms with Crippen LogP contribution in [0.5, 0.6) is 0 Å². The summed E-state index contributed by atoms with van der Waals surface area (Å²) in [5, 5.41) is 28.3. The van der Waals surface area contributed by atoms with Crippen molar-refractivity contribution in [1.29, 1.82) is 0 Å². The molecule has 2 aliphatic rings. The van der Waals surface area contributed by atoms with Crippen LogP contribution in [0.15, 0.2) is 73.1 Å². The van der Waals surface area contributed by atoms with Gasteiger partial charge in [0, 0.05) is 112 Å². The van der Waals surface area contributed by atoms with Crippen molar-refractivity contribution < 1.29 is 38.2 Å². The summed E-state index contributed by atoms with van der Waals surface area (Å²) in [5.74, 6) is 0.674. The second kappa shape index (κ2) is 26.3. The lowest BCUT2D eigenvalue weighted by Gasteiger charge is -2.33. The number of pyridine rings is 2. The summed E-state index contributed by atoms with van der Waals surface area (Å²) in [4.78, 5) is 61.0. The number of hydrogen-bond donors (Lipinski definition) is 6. The molecule has 2 aliphatic heterocycles. The summed E-state index contributed by atoms with van der Waals surface area (Å²) in [6, 6.07) is 15.3. The van der Waals surface area contributed by atoms with Crippen LogP contribution in [0.2, 0.25) is 0 Å². The van der Waals surface area contributed by atoms with E-state index >= 15 is 0 Å². The van der Waals surface area contributed by atoms with Crippen molar-refractivity contribution in [2.75, 3.05) is 73.6 Å². The van der Waals surface area contributed by atoms with E-state index in [2.05, 4.69) is 72.8 Å². The van der Waals surface area contributed by atoms with E-state index in [4.69, 9.17) is 10.2 Å². The first kappa shape index (κ1) is 51.9. The number of rotatable bonds is 8. The first-order chi connectivity index (χ1) is 30.3. The maximum Gasteiger partial charge on any atom is 0.407 e. The van der Waals surface area contributed by atoms with Crippen molar-refractivity contribution in [3.63, 3.8) is 0 Å². The second-order valence-electron chi connectivity index (χ2n) is 16.6. The molecule has 0 unspecified atom stereocenters. The number of anilines is 4. The number of aryl methyl sites for hydroxylation is 2. The maximum atomic E-state index is 14.8. The van der Waals surface area contributed by atoms with Gasteiger partial charge < -0.3 is 41.3 Å². The van der Waals surface area contributed by atoms with Crippen molar-refractivity contribution in [2.45, 2.75) is 68.5 Å². The predicted octanol–water partition coefficient (Wildman–Crippen LogP) is 9.26. The Kier molecular flexibility index (Phi) is 21.3. The molecule has 0 bridgehead atoms. The van der Waals surface area contributed by atoms with Gasteiger partial charge in [-0.15, -0.1) is 0 Å². The van der Waals surface area contributed by atoms with Crippen LogP contribution in [0.4, 0.5) is 50.7 Å². The Bertz CT molecular complexity index is 1970. The van der Waals surface area contributed by atoms with Crippen molar-refractivity contribution in [1.82, 2.24) is 29.6 Å². The zero-order chi connectivity index (χ0) is 47.3. The highest BCUT2D eigenvalue weighted by Crippen LogP contribution is 2.22. The van der Waals surface area contributed by atoms with Crippen LogP contribution in [0.1, 0.15) is 64.1 Å². The fourth-order valence-electron chi connectivity index (χ4n) is 6.09. The molecule has 6 amide bonds. The van der Waals surface area contributed by atoms with E-state index in [0.29, 0.717) is 87.9 Å². The van der Waals surface area contributed by atoms with Gasteiger partial charge in [-0.05, 0) is 62.1 Å². The number of urea groups is 2. The molecule has 4 aromatic rings. The highest BCUT2D eigenvalue weighted by Gasteiger charge is 2.23. The predicted molar refractivity (Wildman–Crippen MR) is 247 cm³/mol. The Hall–Kier alpha value is -6.40. The van der Waals surface area contributed by atoms with Crippen LogP contribution in [-0.4, -0.2) is 116 Å². The van der Waals surface area contributed by atoms with E-state index in [1.54, 1.807) is 60.9 Å². The van der Waals surface area contributed by atoms with Gasteiger partial charge in [0.15, 0.2) is 11.6 Å². The molecule has 2 aromatic carbocycles. The van der Waals surface area contributed by atoms with Gasteiger partial charge in [-0.1, -0.05) is 65.8 Å². The number of carbonyl (C=O) groups excluding carboxylic acids is 2. The lowest BCUT2D eigenvalue weighted by atomic mass is 10.1. The minimum atomic E-state index is -0.938. The number of halogens is 2. The summed E-state index contributed by atoms with van der Waals surface area (Å²) in [5.41, 5.74) is 3.72. The van der Waals surface area contributed by atoms with Gasteiger partial charge in [0.25, 0.3) is 0 Å². The van der Waals surface area contributed by atoms with Crippen LogP contribution >= 0.6 is 0 Å². The third kappa shape index (κ3) is 18.9. The number of nitrogens with one attached hydrogen (secondary N) is 4. The van der Waals surface area contributed by atoms with Gasteiger partial charge in [0.05, 0.1) is 11.4 Å². The van der Waals surface area contributed by atoms with Crippen LogP contribution < -0.4 is 21.3 Å². The lowest BCUT2D eigenvalue weighted by molar-refractivity contribution is 0.102. The molecule has 16 nitrogen and oxygen atoms in total. The molecule has 348 valence electrons. The maximum absolute atomic E-state index is 14.8. The van der Waals surface area contributed by atoms with E-state index in [1.165, 1.54) is 21.9 Å². The van der Waals surface area contributed by atoms with Gasteiger partial charge in [0.2, 0.25) is 0 Å². The largest absolute Gasteiger partial charge is 0.465 e. The second-order valence-corrected chi connectivity index (χ2v) is 16.6. The number of nitrogens with zero attached hydrogens (tertiary/aromatic N) is 6. The molecule has 0 atom stereocenters. The Balaban J connectivity index is 0.000000291. The summed E-state index contributed by atoms with van der Waals surface area (Å²) < 4.78 is 29.6. The van der Waals surface area contributed by atoms with E-state index in [1.807, 2.05) is 23.6 Å². The lowest BCUT2D eigenvalue weighted by Crippen LogP contribution is -2.47. The molecule has 0 radical (unpaired) electrons. The Morgan fingerprint density at radius 2 is 0.891 bits per heavy atom. The molecule has 0 spiro atoms. The molecule has 2 saturated heterocycles. The molecule has 18 heteroatoms. The Morgan fingerprint density at radius 1 is 0.562 bits per heavy atom. The summed E-state index contributed by atoms with van der Waals surface area (Å²) in [6.07, 6.45) is 1.28. The number of carbonyl (C=O) groups is 4. The fourth-order valence-corrected chi connectivity index (χ4v) is 6.09. The van der Waals surface area contributed by atoms with Crippen LogP contribution in [0.3, 0.4) is 0 Å². The quantitative estimate of drug-likeness (QED) is 0.0993. The van der Waals surface area contributed by atoms with Gasteiger partial charge in [-0.2, -0.15) is 0 Å². The van der Waals surface area contributed by atoms with Crippen molar-refractivity contribution in [2.24, 2.45) is 11.8 Å². The van der Waals surface area contributed by atoms with E-state index in [0.717, 1.165) is 23.2 Å². The van der Waals surface area contributed by atoms with E-state index < -0.39 is 35.9 Å². The number of piperazine rings is 2. The molecule has 4 heterocycles. The Morgan fingerprint density at radius 3 is 1.19 bits per heavy atom. The van der Waals surface area contributed by atoms with Gasteiger partial charge in [-0.3, -0.25) is 19.8 Å². The summed E-state index contributed by atoms with van der Waals surface area (Å²) in [6.45, 7) is 21.0. The van der Waals surface area contributed by atoms with Crippen LogP contribution in [0, 0.1) is 37.3 Å². The molecule has 2 fully saturated rings.